The molecule has 0 aliphatic rings. The molecule has 5 nitrogen and oxygen atoms in total. The van der Waals surface area contributed by atoms with Crippen molar-refractivity contribution in [1.29, 1.82) is 0 Å². The second-order valence-electron chi connectivity index (χ2n) is 4.84. The number of aliphatic hydroxyl groups excluding tert-OH is 1. The first-order valence-electron chi connectivity index (χ1n) is 6.94. The molecule has 1 atom stereocenters. The van der Waals surface area contributed by atoms with Gasteiger partial charge < -0.3 is 20.9 Å². The summed E-state index contributed by atoms with van der Waals surface area (Å²) in [5, 5.41) is 11.9. The van der Waals surface area contributed by atoms with Gasteiger partial charge in [0, 0.05) is 24.9 Å². The largest absolute Gasteiger partial charge is 0.496 e. The van der Waals surface area contributed by atoms with Gasteiger partial charge in [-0.25, -0.2) is 0 Å². The average Bonchev–Trinajstić information content (AvgIpc) is 2.44. The van der Waals surface area contributed by atoms with E-state index in [1.165, 1.54) is 7.11 Å². The molecule has 0 saturated carbocycles. The first-order valence-corrected chi connectivity index (χ1v) is 6.94. The van der Waals surface area contributed by atoms with Crippen LogP contribution in [0.5, 0.6) is 5.75 Å². The Balaban J connectivity index is 2.66. The molecule has 0 radical (unpaired) electrons. The first-order chi connectivity index (χ1) is 9.62. The third kappa shape index (κ3) is 4.74. The maximum atomic E-state index is 12.2. The molecule has 0 bridgehead atoms. The number of nitrogens with two attached hydrogens (primary N) is 1. The van der Waals surface area contributed by atoms with E-state index in [1.807, 2.05) is 0 Å². The SMILES string of the molecule is CCCC(CCO)CNC(=O)c1ccc(N)cc1OC. The summed E-state index contributed by atoms with van der Waals surface area (Å²) in [4.78, 5) is 12.2. The quantitative estimate of drug-likeness (QED) is 0.634. The zero-order valence-electron chi connectivity index (χ0n) is 12.2. The van der Waals surface area contributed by atoms with Gasteiger partial charge in [0.05, 0.1) is 12.7 Å². The lowest BCUT2D eigenvalue weighted by molar-refractivity contribution is 0.0940. The number of carbonyl (C=O) groups excluding carboxylic acids is 1. The Hall–Kier alpha value is -1.75. The number of aliphatic hydroxyl groups is 1. The Labute approximate surface area is 120 Å². The van der Waals surface area contributed by atoms with Crippen LogP contribution >= 0.6 is 0 Å². The Bertz CT molecular complexity index is 429. The fourth-order valence-electron chi connectivity index (χ4n) is 2.17. The molecule has 1 rings (SSSR count). The lowest BCUT2D eigenvalue weighted by atomic mass is 10.00. The third-order valence-corrected chi connectivity index (χ3v) is 3.26. The number of benzene rings is 1. The number of nitrogens with one attached hydrogen (secondary N) is 1. The Morgan fingerprint density at radius 2 is 2.20 bits per heavy atom. The van der Waals surface area contributed by atoms with Crippen molar-refractivity contribution in [3.05, 3.63) is 23.8 Å². The molecular formula is C15H24N2O3. The van der Waals surface area contributed by atoms with Crippen molar-refractivity contribution >= 4 is 11.6 Å². The molecule has 0 aliphatic heterocycles. The van der Waals surface area contributed by atoms with Crippen LogP contribution in [0.15, 0.2) is 18.2 Å². The number of methoxy groups -OCH3 is 1. The van der Waals surface area contributed by atoms with Gasteiger partial charge in [-0.1, -0.05) is 13.3 Å². The van der Waals surface area contributed by atoms with Gasteiger partial charge in [-0.2, -0.15) is 0 Å². The second-order valence-corrected chi connectivity index (χ2v) is 4.84. The van der Waals surface area contributed by atoms with Gasteiger partial charge in [-0.15, -0.1) is 0 Å². The molecule has 0 fully saturated rings. The zero-order chi connectivity index (χ0) is 15.0. The van der Waals surface area contributed by atoms with Crippen LogP contribution in [0.1, 0.15) is 36.5 Å². The van der Waals surface area contributed by atoms with Gasteiger partial charge in [-0.3, -0.25) is 4.79 Å². The van der Waals surface area contributed by atoms with Crippen LogP contribution in [-0.2, 0) is 0 Å². The van der Waals surface area contributed by atoms with Gasteiger partial charge in [0.25, 0.3) is 5.91 Å². The molecule has 1 aromatic rings. The van der Waals surface area contributed by atoms with Gasteiger partial charge in [0.15, 0.2) is 0 Å². The maximum absolute atomic E-state index is 12.2. The molecule has 112 valence electrons. The predicted octanol–water partition coefficient (Wildman–Crippen LogP) is 1.81. The lowest BCUT2D eigenvalue weighted by Crippen LogP contribution is -2.30. The van der Waals surface area contributed by atoms with E-state index in [0.29, 0.717) is 35.9 Å². The number of hydrogen-bond acceptors (Lipinski definition) is 4. The lowest BCUT2D eigenvalue weighted by Gasteiger charge is -2.16. The van der Waals surface area contributed by atoms with E-state index in [0.717, 1.165) is 12.8 Å². The molecule has 5 heteroatoms. The summed E-state index contributed by atoms with van der Waals surface area (Å²) in [6.07, 6.45) is 2.72. The summed E-state index contributed by atoms with van der Waals surface area (Å²) in [5.41, 5.74) is 6.70. The van der Waals surface area contributed by atoms with E-state index >= 15 is 0 Å². The molecule has 0 heterocycles. The highest BCUT2D eigenvalue weighted by Gasteiger charge is 2.14. The van der Waals surface area contributed by atoms with E-state index in [9.17, 15) is 4.79 Å². The minimum Gasteiger partial charge on any atom is -0.496 e. The van der Waals surface area contributed by atoms with Gasteiger partial charge in [-0.05, 0) is 30.9 Å². The second kappa shape index (κ2) is 8.43. The summed E-state index contributed by atoms with van der Waals surface area (Å²) in [6, 6.07) is 4.96. The highest BCUT2D eigenvalue weighted by Crippen LogP contribution is 2.21. The minimum absolute atomic E-state index is 0.145. The van der Waals surface area contributed by atoms with Gasteiger partial charge in [0.2, 0.25) is 0 Å². The third-order valence-electron chi connectivity index (χ3n) is 3.26. The van der Waals surface area contributed by atoms with Crippen LogP contribution in [-0.4, -0.2) is 31.3 Å². The van der Waals surface area contributed by atoms with Crippen LogP contribution in [0.4, 0.5) is 5.69 Å². The Morgan fingerprint density at radius 3 is 2.80 bits per heavy atom. The van der Waals surface area contributed by atoms with Crippen molar-refractivity contribution in [3.8, 4) is 5.75 Å². The molecule has 1 aromatic carbocycles. The summed E-state index contributed by atoms with van der Waals surface area (Å²) in [6.45, 7) is 2.79. The Morgan fingerprint density at radius 1 is 1.45 bits per heavy atom. The molecule has 0 aliphatic carbocycles. The molecule has 20 heavy (non-hydrogen) atoms. The number of anilines is 1. The van der Waals surface area contributed by atoms with Gasteiger partial charge >= 0.3 is 0 Å². The van der Waals surface area contributed by atoms with Crippen molar-refractivity contribution in [2.24, 2.45) is 5.92 Å². The van der Waals surface area contributed by atoms with E-state index in [1.54, 1.807) is 18.2 Å². The standard InChI is InChI=1S/C15H24N2O3/c1-3-4-11(7-8-18)10-17-15(19)13-6-5-12(16)9-14(13)20-2/h5-6,9,11,18H,3-4,7-8,10,16H2,1-2H3,(H,17,19). The van der Waals surface area contributed by atoms with Crippen LogP contribution in [0.25, 0.3) is 0 Å². The highest BCUT2D eigenvalue weighted by molar-refractivity contribution is 5.97. The highest BCUT2D eigenvalue weighted by atomic mass is 16.5. The van der Waals surface area contributed by atoms with Crippen LogP contribution in [0.2, 0.25) is 0 Å². The first kappa shape index (κ1) is 16.3. The topological polar surface area (TPSA) is 84.6 Å². The smallest absolute Gasteiger partial charge is 0.255 e. The van der Waals surface area contributed by atoms with E-state index in [4.69, 9.17) is 15.6 Å². The summed E-state index contributed by atoms with van der Waals surface area (Å²) in [5.74, 6) is 0.589. The van der Waals surface area contributed by atoms with Crippen LogP contribution < -0.4 is 15.8 Å². The molecule has 1 unspecified atom stereocenters. The molecule has 4 N–H and O–H groups in total. The summed E-state index contributed by atoms with van der Waals surface area (Å²) >= 11 is 0. The Kier molecular flexibility index (Phi) is 6.87. The summed E-state index contributed by atoms with van der Waals surface area (Å²) in [7, 11) is 1.51. The molecule has 0 aromatic heterocycles. The average molecular weight is 280 g/mol. The number of carbonyl (C=O) groups is 1. The number of nitrogen functional groups attached to an aromatic ring is 1. The normalized spacial score (nSPS) is 11.9. The monoisotopic (exact) mass is 280 g/mol. The number of rotatable bonds is 8. The van der Waals surface area contributed by atoms with Crippen LogP contribution in [0.3, 0.4) is 0 Å². The van der Waals surface area contributed by atoms with Crippen LogP contribution in [0, 0.1) is 5.92 Å². The minimum atomic E-state index is -0.180. The maximum Gasteiger partial charge on any atom is 0.255 e. The molecule has 1 amide bonds. The van der Waals surface area contributed by atoms with Gasteiger partial charge in [0.1, 0.15) is 5.75 Å². The zero-order valence-corrected chi connectivity index (χ0v) is 12.2. The molecular weight excluding hydrogens is 256 g/mol. The summed E-state index contributed by atoms with van der Waals surface area (Å²) < 4.78 is 5.17. The fourth-order valence-corrected chi connectivity index (χ4v) is 2.17. The van der Waals surface area contributed by atoms with E-state index in [-0.39, 0.29) is 12.5 Å². The van der Waals surface area contributed by atoms with Crippen molar-refractivity contribution in [3.63, 3.8) is 0 Å². The number of hydrogen-bond donors (Lipinski definition) is 3. The number of amides is 1. The van der Waals surface area contributed by atoms with E-state index < -0.39 is 0 Å². The fraction of sp³-hybridized carbons (Fsp3) is 0.533. The molecule has 0 spiro atoms. The molecule has 0 saturated heterocycles. The van der Waals surface area contributed by atoms with Crippen molar-refractivity contribution in [1.82, 2.24) is 5.32 Å². The predicted molar refractivity (Wildman–Crippen MR) is 79.8 cm³/mol. The number of ether oxygens (including phenoxy) is 1. The van der Waals surface area contributed by atoms with Crippen molar-refractivity contribution < 1.29 is 14.6 Å². The van der Waals surface area contributed by atoms with E-state index in [2.05, 4.69) is 12.2 Å². The van der Waals surface area contributed by atoms with Crippen molar-refractivity contribution in [2.75, 3.05) is 26.0 Å². The van der Waals surface area contributed by atoms with Crippen molar-refractivity contribution in [2.45, 2.75) is 26.2 Å².